The first-order valence-electron chi connectivity index (χ1n) is 3.93. The summed E-state index contributed by atoms with van der Waals surface area (Å²) in [7, 11) is -1.24. The molecule has 3 N–H and O–H groups in total. The van der Waals surface area contributed by atoms with Crippen LogP contribution >= 0.6 is 10.8 Å². The van der Waals surface area contributed by atoms with Crippen molar-refractivity contribution in [3.05, 3.63) is 45.2 Å². The second-order valence-corrected chi connectivity index (χ2v) is 4.19. The van der Waals surface area contributed by atoms with Gasteiger partial charge in [0.05, 0.1) is 9.87 Å². The van der Waals surface area contributed by atoms with Gasteiger partial charge in [0.1, 0.15) is 4.91 Å². The van der Waals surface area contributed by atoms with Crippen molar-refractivity contribution in [1.82, 2.24) is 0 Å². The first-order chi connectivity index (χ1) is 6.70. The van der Waals surface area contributed by atoms with Gasteiger partial charge in [0.25, 0.3) is 5.91 Å². The third-order valence-electron chi connectivity index (χ3n) is 1.85. The third-order valence-corrected chi connectivity index (χ3v) is 3.33. The Morgan fingerprint density at radius 1 is 1.43 bits per heavy atom. The number of hydrogen-bond donors (Lipinski definition) is 2. The molecule has 0 saturated carbocycles. The molecule has 0 saturated heterocycles. The molecule has 0 aliphatic carbocycles. The van der Waals surface area contributed by atoms with Crippen LogP contribution in [-0.4, -0.2) is 10.5 Å². The fraction of sp³-hybridized carbons (Fsp3) is 0. The molecular formula is C9H8N2O2S. The Labute approximate surface area is 82.5 Å². The fourth-order valence-electron chi connectivity index (χ4n) is 1.18. The van der Waals surface area contributed by atoms with Crippen molar-refractivity contribution in [3.63, 3.8) is 0 Å². The molecule has 1 aliphatic heterocycles. The number of benzene rings is 1. The summed E-state index contributed by atoms with van der Waals surface area (Å²) < 4.78 is 10.4. The van der Waals surface area contributed by atoms with Crippen LogP contribution in [0.2, 0.25) is 0 Å². The van der Waals surface area contributed by atoms with Crippen molar-refractivity contribution in [3.8, 4) is 0 Å². The molecular weight excluding hydrogens is 200 g/mol. The molecule has 0 fully saturated rings. The lowest BCUT2D eigenvalue weighted by Gasteiger charge is -2.06. The Kier molecular flexibility index (Phi) is 2.18. The van der Waals surface area contributed by atoms with Crippen molar-refractivity contribution < 1.29 is 9.35 Å². The van der Waals surface area contributed by atoms with E-state index in [1.165, 1.54) is 6.20 Å². The van der Waals surface area contributed by atoms with Gasteiger partial charge in [-0.1, -0.05) is 12.1 Å². The van der Waals surface area contributed by atoms with E-state index in [0.717, 1.165) is 0 Å². The fourth-order valence-corrected chi connectivity index (χ4v) is 2.29. The molecule has 1 aliphatic rings. The number of carbonyl (C=O) groups is 1. The Morgan fingerprint density at radius 2 is 2.14 bits per heavy atom. The van der Waals surface area contributed by atoms with E-state index >= 15 is 0 Å². The summed E-state index contributed by atoms with van der Waals surface area (Å²) in [6.07, 6.45) is 1.33. The molecule has 0 aromatic heterocycles. The van der Waals surface area contributed by atoms with Gasteiger partial charge < -0.3 is 10.3 Å². The molecule has 0 spiro atoms. The monoisotopic (exact) mass is 208 g/mol. The number of rotatable bonds is 1. The highest BCUT2D eigenvalue weighted by molar-refractivity contribution is 8.08. The number of amides is 1. The second-order valence-electron chi connectivity index (χ2n) is 2.74. The van der Waals surface area contributed by atoms with Gasteiger partial charge in [0.15, 0.2) is 0 Å². The number of nitrogens with zero attached hydrogens (tertiary/aromatic N) is 1. The summed E-state index contributed by atoms with van der Waals surface area (Å²) in [4.78, 5) is 15.1. The van der Waals surface area contributed by atoms with E-state index in [4.69, 9.17) is 5.73 Å². The number of primary amides is 1. The summed E-state index contributed by atoms with van der Waals surface area (Å²) in [6, 6.07) is 7.12. The van der Waals surface area contributed by atoms with Crippen LogP contribution in [0.4, 0.5) is 0 Å². The van der Waals surface area contributed by atoms with E-state index in [0.29, 0.717) is 9.87 Å². The molecule has 4 nitrogen and oxygen atoms in total. The minimum atomic E-state index is -1.24. The molecule has 14 heavy (non-hydrogen) atoms. The predicted octanol–water partition coefficient (Wildman–Crippen LogP) is 0.639. The zero-order chi connectivity index (χ0) is 10.1. The third kappa shape index (κ3) is 1.36. The standard InChI is InChI=1S/C9H8N2O2S/c10-9(12)8-5-11-6-3-1-2-4-7(6)14(8)13/h1-5,13H,(H2,10,12). The van der Waals surface area contributed by atoms with Crippen LogP contribution in [-0.2, 0) is 4.79 Å². The Bertz CT molecular complexity index is 548. The highest BCUT2D eigenvalue weighted by Gasteiger charge is 2.11. The van der Waals surface area contributed by atoms with Crippen LogP contribution in [0.1, 0.15) is 0 Å². The van der Waals surface area contributed by atoms with Gasteiger partial charge >= 0.3 is 0 Å². The van der Waals surface area contributed by atoms with E-state index in [2.05, 4.69) is 4.99 Å². The van der Waals surface area contributed by atoms with Gasteiger partial charge in [-0.05, 0) is 22.9 Å². The molecule has 0 radical (unpaired) electrons. The Balaban J connectivity index is 2.79. The van der Waals surface area contributed by atoms with E-state index in [1.54, 1.807) is 18.2 Å². The summed E-state index contributed by atoms with van der Waals surface area (Å²) >= 11 is 0. The number of para-hydroxylation sites is 1. The minimum absolute atomic E-state index is 0.156. The maximum atomic E-state index is 10.9. The molecule has 1 unspecified atom stereocenters. The van der Waals surface area contributed by atoms with Crippen molar-refractivity contribution in [2.45, 2.75) is 0 Å². The molecule has 1 amide bonds. The first-order valence-corrected chi connectivity index (χ1v) is 5.11. The van der Waals surface area contributed by atoms with Crippen molar-refractivity contribution in [2.75, 3.05) is 0 Å². The van der Waals surface area contributed by atoms with Gasteiger partial charge in [0.2, 0.25) is 0 Å². The van der Waals surface area contributed by atoms with Crippen molar-refractivity contribution in [1.29, 1.82) is 0 Å². The molecule has 72 valence electrons. The lowest BCUT2D eigenvalue weighted by atomic mass is 10.3. The number of fused-ring (bicyclic) bond motifs is 1. The molecule has 0 bridgehead atoms. The predicted molar refractivity (Wildman–Crippen MR) is 53.9 cm³/mol. The zero-order valence-electron chi connectivity index (χ0n) is 7.18. The zero-order valence-corrected chi connectivity index (χ0v) is 7.99. The number of nitrogens with two attached hydrogens (primary N) is 1. The highest BCUT2D eigenvalue weighted by atomic mass is 32.2. The van der Waals surface area contributed by atoms with E-state index < -0.39 is 16.7 Å². The van der Waals surface area contributed by atoms with Crippen molar-refractivity contribution >= 4 is 16.7 Å². The quantitative estimate of drug-likeness (QED) is 0.664. The minimum Gasteiger partial charge on any atom is -0.365 e. The van der Waals surface area contributed by atoms with Crippen LogP contribution in [0, 0.1) is 4.51 Å². The van der Waals surface area contributed by atoms with Gasteiger partial charge in [-0.3, -0.25) is 9.79 Å². The smallest absolute Gasteiger partial charge is 0.258 e. The summed E-state index contributed by atoms with van der Waals surface area (Å²) in [6.45, 7) is 0. The molecule has 2 rings (SSSR count). The second kappa shape index (κ2) is 3.36. The largest absolute Gasteiger partial charge is 0.365 e. The molecule has 1 atom stereocenters. The molecule has 5 heteroatoms. The highest BCUT2D eigenvalue weighted by Crippen LogP contribution is 2.24. The maximum absolute atomic E-state index is 10.9. The van der Waals surface area contributed by atoms with Crippen LogP contribution < -0.4 is 11.1 Å². The Hall–Kier alpha value is -1.46. The molecule has 1 heterocycles. The normalized spacial score (nSPS) is 19.2. The topological polar surface area (TPSA) is 75.7 Å². The van der Waals surface area contributed by atoms with Crippen LogP contribution in [0.15, 0.2) is 40.4 Å². The Morgan fingerprint density at radius 3 is 2.86 bits per heavy atom. The van der Waals surface area contributed by atoms with Crippen LogP contribution in [0.3, 0.4) is 0 Å². The lowest BCUT2D eigenvalue weighted by molar-refractivity contribution is -0.113. The van der Waals surface area contributed by atoms with Crippen molar-refractivity contribution in [2.24, 2.45) is 10.7 Å². The lowest BCUT2D eigenvalue weighted by Crippen LogP contribution is -2.16. The number of carbonyl (C=O) groups excluding carboxylic acids is 1. The van der Waals surface area contributed by atoms with Gasteiger partial charge in [-0.25, -0.2) is 0 Å². The SMILES string of the molecule is NC(=O)C1=CN=c2ccccc2=S1O. The van der Waals surface area contributed by atoms with Gasteiger partial charge in [-0.2, -0.15) is 0 Å². The first kappa shape index (κ1) is 9.11. The maximum Gasteiger partial charge on any atom is 0.258 e. The van der Waals surface area contributed by atoms with Gasteiger partial charge in [0, 0.05) is 6.20 Å². The summed E-state index contributed by atoms with van der Waals surface area (Å²) in [5.41, 5.74) is 5.09. The van der Waals surface area contributed by atoms with Crippen LogP contribution in [0.25, 0.3) is 0 Å². The average Bonchev–Trinajstić information content (AvgIpc) is 2.18. The number of hydrogen-bond acceptors (Lipinski definition) is 3. The van der Waals surface area contributed by atoms with E-state index in [9.17, 15) is 9.35 Å². The summed E-state index contributed by atoms with van der Waals surface area (Å²) in [5.74, 6) is -0.630. The summed E-state index contributed by atoms with van der Waals surface area (Å²) in [5, 5.41) is 0.684. The van der Waals surface area contributed by atoms with Gasteiger partial charge in [-0.15, -0.1) is 0 Å². The van der Waals surface area contributed by atoms with E-state index in [-0.39, 0.29) is 4.91 Å². The van der Waals surface area contributed by atoms with Crippen LogP contribution in [0.5, 0.6) is 0 Å². The van der Waals surface area contributed by atoms with E-state index in [1.807, 2.05) is 6.07 Å². The molecule has 1 aromatic carbocycles. The molecule has 1 aromatic rings. The average molecular weight is 208 g/mol.